The first-order valence-corrected chi connectivity index (χ1v) is 2.57. The molecule has 0 aliphatic heterocycles. The van der Waals surface area contributed by atoms with E-state index in [1.807, 2.05) is 0 Å². The van der Waals surface area contributed by atoms with Crippen LogP contribution in [-0.4, -0.2) is 12.1 Å². The molecule has 6 N–H and O–H groups in total. The predicted octanol–water partition coefficient (Wildman–Crippen LogP) is -1.57. The van der Waals surface area contributed by atoms with Crippen molar-refractivity contribution in [2.45, 2.75) is 19.0 Å². The second kappa shape index (κ2) is 4.25. The first-order valence-electron chi connectivity index (χ1n) is 2.57. The van der Waals surface area contributed by atoms with Gasteiger partial charge in [-0.15, -0.1) is 0 Å². The van der Waals surface area contributed by atoms with Crippen LogP contribution in [0.4, 0.5) is 0 Å². The van der Waals surface area contributed by atoms with Gasteiger partial charge >= 0.3 is 5.97 Å². The molecule has 0 unspecified atom stereocenters. The van der Waals surface area contributed by atoms with E-state index in [1.165, 1.54) is 0 Å². The van der Waals surface area contributed by atoms with Crippen molar-refractivity contribution in [1.82, 2.24) is 0 Å². The standard InChI is InChI=1S/C4H11N3O2/c5-3(6)1-2-4(8)9-7/h3H,1-2,5-7H2. The summed E-state index contributed by atoms with van der Waals surface area (Å²) in [4.78, 5) is 14.1. The van der Waals surface area contributed by atoms with Crippen molar-refractivity contribution in [3.63, 3.8) is 0 Å². The summed E-state index contributed by atoms with van der Waals surface area (Å²) in [6.07, 6.45) is 0.105. The van der Waals surface area contributed by atoms with Gasteiger partial charge < -0.3 is 16.3 Å². The summed E-state index contributed by atoms with van der Waals surface area (Å²) in [6, 6.07) is 0. The van der Waals surface area contributed by atoms with E-state index in [2.05, 4.69) is 10.7 Å². The van der Waals surface area contributed by atoms with Gasteiger partial charge in [-0.3, -0.25) is 4.79 Å². The van der Waals surface area contributed by atoms with Crippen LogP contribution < -0.4 is 17.4 Å². The van der Waals surface area contributed by atoms with Gasteiger partial charge in [0.2, 0.25) is 0 Å². The Morgan fingerprint density at radius 3 is 2.44 bits per heavy atom. The minimum Gasteiger partial charge on any atom is -0.373 e. The number of carbonyl (C=O) groups excluding carboxylic acids is 1. The molecule has 5 heteroatoms. The van der Waals surface area contributed by atoms with Crippen molar-refractivity contribution >= 4 is 5.97 Å². The largest absolute Gasteiger partial charge is 0.373 e. The summed E-state index contributed by atoms with van der Waals surface area (Å²) in [6.45, 7) is 0. The van der Waals surface area contributed by atoms with Gasteiger partial charge in [-0.25, -0.2) is 0 Å². The highest BCUT2D eigenvalue weighted by Gasteiger charge is 2.01. The Kier molecular flexibility index (Phi) is 3.94. The Balaban J connectivity index is 3.17. The average Bonchev–Trinajstić information content (AvgIpc) is 1.83. The number of rotatable bonds is 3. The van der Waals surface area contributed by atoms with Gasteiger partial charge in [0, 0.05) is 6.42 Å². The smallest absolute Gasteiger partial charge is 0.324 e. The second-order valence-electron chi connectivity index (χ2n) is 1.69. The molecule has 0 fully saturated rings. The van der Waals surface area contributed by atoms with Crippen molar-refractivity contribution in [2.24, 2.45) is 17.4 Å². The fraction of sp³-hybridized carbons (Fsp3) is 0.750. The van der Waals surface area contributed by atoms with Crippen LogP contribution in [0.5, 0.6) is 0 Å². The Labute approximate surface area is 53.1 Å². The van der Waals surface area contributed by atoms with E-state index in [0.29, 0.717) is 6.42 Å². The van der Waals surface area contributed by atoms with Crippen molar-refractivity contribution in [3.05, 3.63) is 0 Å². The maximum atomic E-state index is 10.3. The molecule has 0 bridgehead atoms. The maximum Gasteiger partial charge on any atom is 0.324 e. The zero-order chi connectivity index (χ0) is 7.28. The predicted molar refractivity (Wildman–Crippen MR) is 31.7 cm³/mol. The summed E-state index contributed by atoms with van der Waals surface area (Å²) in [7, 11) is 0. The van der Waals surface area contributed by atoms with Crippen molar-refractivity contribution in [1.29, 1.82) is 0 Å². The van der Waals surface area contributed by atoms with Gasteiger partial charge in [0.05, 0.1) is 6.17 Å². The SMILES string of the molecule is NOC(=O)CCC(N)N. The summed E-state index contributed by atoms with van der Waals surface area (Å²) >= 11 is 0. The lowest BCUT2D eigenvalue weighted by atomic mass is 10.3. The molecule has 0 radical (unpaired) electrons. The van der Waals surface area contributed by atoms with Crippen LogP contribution >= 0.6 is 0 Å². The van der Waals surface area contributed by atoms with Gasteiger partial charge in [-0.1, -0.05) is 0 Å². The molecule has 0 rings (SSSR count). The lowest BCUT2D eigenvalue weighted by Crippen LogP contribution is -2.31. The first kappa shape index (κ1) is 8.35. The van der Waals surface area contributed by atoms with E-state index < -0.39 is 12.1 Å². The first-order chi connectivity index (χ1) is 4.16. The van der Waals surface area contributed by atoms with Gasteiger partial charge in [-0.05, 0) is 6.42 Å². The molecule has 0 spiro atoms. The van der Waals surface area contributed by atoms with Gasteiger partial charge in [0.1, 0.15) is 0 Å². The molecule has 0 amide bonds. The molecule has 0 aromatic rings. The van der Waals surface area contributed by atoms with Crippen LogP contribution in [0.15, 0.2) is 0 Å². The molecule has 0 aromatic heterocycles. The molecular formula is C4H11N3O2. The summed E-state index contributed by atoms with van der Waals surface area (Å²) < 4.78 is 0. The van der Waals surface area contributed by atoms with Crippen LogP contribution in [0.1, 0.15) is 12.8 Å². The highest BCUT2D eigenvalue weighted by Crippen LogP contribution is 1.89. The third kappa shape index (κ3) is 5.22. The summed E-state index contributed by atoms with van der Waals surface area (Å²) in [5.74, 6) is 4.04. The lowest BCUT2D eigenvalue weighted by Gasteiger charge is -2.01. The van der Waals surface area contributed by atoms with Gasteiger partial charge in [0.15, 0.2) is 0 Å². The number of hydrogen-bond donors (Lipinski definition) is 3. The number of nitrogens with two attached hydrogens (primary N) is 3. The van der Waals surface area contributed by atoms with E-state index in [4.69, 9.17) is 11.5 Å². The zero-order valence-corrected chi connectivity index (χ0v) is 5.04. The minimum atomic E-state index is -0.490. The van der Waals surface area contributed by atoms with E-state index in [0.717, 1.165) is 0 Å². The van der Waals surface area contributed by atoms with E-state index in [-0.39, 0.29) is 6.42 Å². The Hall–Kier alpha value is -0.650. The third-order valence-electron chi connectivity index (χ3n) is 0.813. The number of hydrogen-bond acceptors (Lipinski definition) is 5. The maximum absolute atomic E-state index is 10.3. The van der Waals surface area contributed by atoms with E-state index in [1.54, 1.807) is 0 Å². The Morgan fingerprint density at radius 1 is 1.56 bits per heavy atom. The van der Waals surface area contributed by atoms with Crippen LogP contribution in [0.3, 0.4) is 0 Å². The zero-order valence-electron chi connectivity index (χ0n) is 5.04. The fourth-order valence-corrected chi connectivity index (χ4v) is 0.343. The van der Waals surface area contributed by atoms with Crippen molar-refractivity contribution in [3.8, 4) is 0 Å². The fourth-order valence-electron chi connectivity index (χ4n) is 0.343. The molecule has 0 atom stereocenters. The second-order valence-corrected chi connectivity index (χ2v) is 1.69. The Morgan fingerprint density at radius 2 is 2.11 bits per heavy atom. The molecule has 0 aliphatic rings. The molecule has 9 heavy (non-hydrogen) atoms. The van der Waals surface area contributed by atoms with Crippen molar-refractivity contribution in [2.75, 3.05) is 0 Å². The number of carbonyl (C=O) groups is 1. The van der Waals surface area contributed by atoms with Crippen LogP contribution in [0.2, 0.25) is 0 Å². The summed E-state index contributed by atoms with van der Waals surface area (Å²) in [5, 5.41) is 0. The Bertz CT molecular complexity index is 93.8. The monoisotopic (exact) mass is 133 g/mol. The normalized spacial score (nSPS) is 9.78. The molecule has 0 saturated heterocycles. The minimum absolute atomic E-state index is 0.175. The topological polar surface area (TPSA) is 104 Å². The highest BCUT2D eigenvalue weighted by molar-refractivity contribution is 5.68. The molecule has 5 nitrogen and oxygen atoms in total. The molecule has 54 valence electrons. The van der Waals surface area contributed by atoms with Crippen LogP contribution in [-0.2, 0) is 9.63 Å². The molecule has 0 heterocycles. The molecule has 0 saturated carbocycles. The van der Waals surface area contributed by atoms with Crippen LogP contribution in [0, 0.1) is 0 Å². The third-order valence-corrected chi connectivity index (χ3v) is 0.813. The molecule has 0 aromatic carbocycles. The lowest BCUT2D eigenvalue weighted by molar-refractivity contribution is -0.144. The summed E-state index contributed by atoms with van der Waals surface area (Å²) in [5.41, 5.74) is 10.2. The quantitative estimate of drug-likeness (QED) is 0.318. The van der Waals surface area contributed by atoms with Crippen LogP contribution in [0.25, 0.3) is 0 Å². The average molecular weight is 133 g/mol. The van der Waals surface area contributed by atoms with Gasteiger partial charge in [0.25, 0.3) is 0 Å². The molecular weight excluding hydrogens is 122 g/mol. The molecule has 0 aliphatic carbocycles. The van der Waals surface area contributed by atoms with E-state index in [9.17, 15) is 4.79 Å². The highest BCUT2D eigenvalue weighted by atomic mass is 16.7. The van der Waals surface area contributed by atoms with Crippen molar-refractivity contribution < 1.29 is 9.63 Å². The van der Waals surface area contributed by atoms with E-state index >= 15 is 0 Å². The van der Waals surface area contributed by atoms with Gasteiger partial charge in [-0.2, -0.15) is 5.90 Å².